The SMILES string of the molecule is C[C@H](OC(=O)O[C@H](C)c1ccccc1)c1ccccc1. The van der Waals surface area contributed by atoms with Gasteiger partial charge in [-0.2, -0.15) is 0 Å². The second kappa shape index (κ2) is 6.75. The highest BCUT2D eigenvalue weighted by Crippen LogP contribution is 2.20. The molecule has 2 rings (SSSR count). The maximum absolute atomic E-state index is 11.8. The first-order chi connectivity index (χ1) is 9.66. The molecule has 0 fully saturated rings. The molecule has 0 aliphatic heterocycles. The molecule has 0 radical (unpaired) electrons. The van der Waals surface area contributed by atoms with Gasteiger partial charge in [0.1, 0.15) is 12.2 Å². The van der Waals surface area contributed by atoms with Crippen molar-refractivity contribution >= 4 is 6.16 Å². The Labute approximate surface area is 119 Å². The average Bonchev–Trinajstić information content (AvgIpc) is 2.49. The molecule has 3 nitrogen and oxygen atoms in total. The predicted molar refractivity (Wildman–Crippen MR) is 77.3 cm³/mol. The van der Waals surface area contributed by atoms with E-state index in [2.05, 4.69) is 0 Å². The summed E-state index contributed by atoms with van der Waals surface area (Å²) in [6.45, 7) is 3.65. The summed E-state index contributed by atoms with van der Waals surface area (Å²) in [7, 11) is 0. The first-order valence-electron chi connectivity index (χ1n) is 6.64. The lowest BCUT2D eigenvalue weighted by molar-refractivity contribution is 0.00626. The van der Waals surface area contributed by atoms with Crippen molar-refractivity contribution < 1.29 is 14.3 Å². The van der Waals surface area contributed by atoms with E-state index in [1.165, 1.54) is 0 Å². The van der Waals surface area contributed by atoms with Crippen molar-refractivity contribution in [3.8, 4) is 0 Å². The van der Waals surface area contributed by atoms with Crippen molar-refractivity contribution in [3.05, 3.63) is 71.8 Å². The number of ether oxygens (including phenoxy) is 2. The number of carbonyl (C=O) groups is 1. The summed E-state index contributed by atoms with van der Waals surface area (Å²) < 4.78 is 10.5. The van der Waals surface area contributed by atoms with E-state index in [1.54, 1.807) is 0 Å². The van der Waals surface area contributed by atoms with Crippen LogP contribution in [0.25, 0.3) is 0 Å². The molecule has 0 saturated carbocycles. The molecule has 0 aliphatic carbocycles. The van der Waals surface area contributed by atoms with Gasteiger partial charge in [0, 0.05) is 0 Å². The number of benzene rings is 2. The van der Waals surface area contributed by atoms with Crippen LogP contribution in [0.5, 0.6) is 0 Å². The Balaban J connectivity index is 1.90. The largest absolute Gasteiger partial charge is 0.509 e. The molecule has 0 heterocycles. The second-order valence-electron chi connectivity index (χ2n) is 4.59. The van der Waals surface area contributed by atoms with Gasteiger partial charge in [-0.1, -0.05) is 60.7 Å². The van der Waals surface area contributed by atoms with Crippen LogP contribution in [0.1, 0.15) is 37.2 Å². The molecule has 0 N–H and O–H groups in total. The fourth-order valence-corrected chi connectivity index (χ4v) is 1.90. The maximum atomic E-state index is 11.8. The van der Waals surface area contributed by atoms with Crippen LogP contribution >= 0.6 is 0 Å². The number of hydrogen-bond donors (Lipinski definition) is 0. The fourth-order valence-electron chi connectivity index (χ4n) is 1.90. The van der Waals surface area contributed by atoms with Crippen LogP contribution in [0.3, 0.4) is 0 Å². The second-order valence-corrected chi connectivity index (χ2v) is 4.59. The lowest BCUT2D eigenvalue weighted by Crippen LogP contribution is -2.13. The third-order valence-electron chi connectivity index (χ3n) is 3.08. The van der Waals surface area contributed by atoms with Gasteiger partial charge in [-0.05, 0) is 25.0 Å². The van der Waals surface area contributed by atoms with E-state index in [9.17, 15) is 4.79 Å². The van der Waals surface area contributed by atoms with Crippen LogP contribution in [0.2, 0.25) is 0 Å². The summed E-state index contributed by atoms with van der Waals surface area (Å²) in [5, 5.41) is 0. The lowest BCUT2D eigenvalue weighted by atomic mass is 10.1. The van der Waals surface area contributed by atoms with Gasteiger partial charge >= 0.3 is 6.16 Å². The number of hydrogen-bond acceptors (Lipinski definition) is 3. The Morgan fingerprint density at radius 3 is 1.45 bits per heavy atom. The Bertz CT molecular complexity index is 487. The lowest BCUT2D eigenvalue weighted by Gasteiger charge is -2.17. The molecule has 0 bridgehead atoms. The van der Waals surface area contributed by atoms with Crippen molar-refractivity contribution in [1.29, 1.82) is 0 Å². The summed E-state index contributed by atoms with van der Waals surface area (Å²) in [5.74, 6) is 0. The minimum Gasteiger partial charge on any atom is -0.426 e. The van der Waals surface area contributed by atoms with Crippen molar-refractivity contribution in [2.24, 2.45) is 0 Å². The molecule has 2 aromatic carbocycles. The minimum atomic E-state index is -0.655. The van der Waals surface area contributed by atoms with E-state index in [1.807, 2.05) is 74.5 Å². The van der Waals surface area contributed by atoms with Gasteiger partial charge in [0.05, 0.1) is 0 Å². The molecular weight excluding hydrogens is 252 g/mol. The highest BCUT2D eigenvalue weighted by atomic mass is 16.7. The highest BCUT2D eigenvalue weighted by Gasteiger charge is 2.16. The predicted octanol–water partition coefficient (Wildman–Crippen LogP) is 4.66. The zero-order chi connectivity index (χ0) is 14.4. The molecule has 2 atom stereocenters. The topological polar surface area (TPSA) is 35.5 Å². The summed E-state index contributed by atoms with van der Waals surface area (Å²) in [5.41, 5.74) is 1.88. The van der Waals surface area contributed by atoms with Gasteiger partial charge in [0.2, 0.25) is 0 Å². The minimum absolute atomic E-state index is 0.327. The molecule has 0 unspecified atom stereocenters. The number of carbonyl (C=O) groups excluding carboxylic acids is 1. The Kier molecular flexibility index (Phi) is 4.77. The van der Waals surface area contributed by atoms with Crippen LogP contribution in [-0.4, -0.2) is 6.16 Å². The molecule has 2 aromatic rings. The van der Waals surface area contributed by atoms with Gasteiger partial charge < -0.3 is 9.47 Å². The summed E-state index contributed by atoms with van der Waals surface area (Å²) in [6, 6.07) is 19.1. The number of rotatable bonds is 4. The van der Waals surface area contributed by atoms with E-state index in [4.69, 9.17) is 9.47 Å². The van der Waals surface area contributed by atoms with E-state index in [-0.39, 0.29) is 12.2 Å². The van der Waals surface area contributed by atoms with Crippen LogP contribution in [0, 0.1) is 0 Å². The molecule has 20 heavy (non-hydrogen) atoms. The van der Waals surface area contributed by atoms with Gasteiger partial charge in [0.15, 0.2) is 0 Å². The molecule has 0 aliphatic rings. The van der Waals surface area contributed by atoms with Crippen molar-refractivity contribution in [3.63, 3.8) is 0 Å². The van der Waals surface area contributed by atoms with Gasteiger partial charge in [0.25, 0.3) is 0 Å². The molecular formula is C17H18O3. The van der Waals surface area contributed by atoms with Crippen molar-refractivity contribution in [2.45, 2.75) is 26.1 Å². The van der Waals surface area contributed by atoms with Gasteiger partial charge in [-0.25, -0.2) is 4.79 Å². The first kappa shape index (κ1) is 14.1. The Hall–Kier alpha value is -2.29. The molecule has 104 valence electrons. The smallest absolute Gasteiger partial charge is 0.426 e. The zero-order valence-corrected chi connectivity index (χ0v) is 11.7. The van der Waals surface area contributed by atoms with Crippen LogP contribution in [0.4, 0.5) is 4.79 Å². The van der Waals surface area contributed by atoms with Crippen molar-refractivity contribution in [2.75, 3.05) is 0 Å². The zero-order valence-electron chi connectivity index (χ0n) is 11.7. The van der Waals surface area contributed by atoms with E-state index >= 15 is 0 Å². The fraction of sp³-hybridized carbons (Fsp3) is 0.235. The quantitative estimate of drug-likeness (QED) is 0.758. The third kappa shape index (κ3) is 3.85. The summed E-state index contributed by atoms with van der Waals surface area (Å²) in [6.07, 6.45) is -1.31. The third-order valence-corrected chi connectivity index (χ3v) is 3.08. The molecule has 0 saturated heterocycles. The van der Waals surface area contributed by atoms with E-state index < -0.39 is 6.16 Å². The molecule has 0 spiro atoms. The van der Waals surface area contributed by atoms with Crippen LogP contribution < -0.4 is 0 Å². The normalized spacial score (nSPS) is 13.3. The Morgan fingerprint density at radius 1 is 0.750 bits per heavy atom. The molecule has 0 aromatic heterocycles. The Morgan fingerprint density at radius 2 is 1.10 bits per heavy atom. The van der Waals surface area contributed by atoms with Crippen molar-refractivity contribution in [1.82, 2.24) is 0 Å². The monoisotopic (exact) mass is 270 g/mol. The summed E-state index contributed by atoms with van der Waals surface area (Å²) in [4.78, 5) is 11.8. The first-order valence-corrected chi connectivity index (χ1v) is 6.64. The van der Waals surface area contributed by atoms with E-state index in [0.717, 1.165) is 11.1 Å². The van der Waals surface area contributed by atoms with Gasteiger partial charge in [-0.15, -0.1) is 0 Å². The average molecular weight is 270 g/mol. The van der Waals surface area contributed by atoms with Crippen LogP contribution in [-0.2, 0) is 9.47 Å². The summed E-state index contributed by atoms with van der Waals surface area (Å²) >= 11 is 0. The standard InChI is InChI=1S/C17H18O3/c1-13(15-9-5-3-6-10-15)19-17(18)20-14(2)16-11-7-4-8-12-16/h3-14H,1-2H3/t13-,14+. The molecule has 3 heteroatoms. The molecule has 0 amide bonds. The van der Waals surface area contributed by atoms with Crippen LogP contribution in [0.15, 0.2) is 60.7 Å². The highest BCUT2D eigenvalue weighted by molar-refractivity contribution is 5.60. The maximum Gasteiger partial charge on any atom is 0.509 e. The van der Waals surface area contributed by atoms with Gasteiger partial charge in [-0.3, -0.25) is 0 Å². The van der Waals surface area contributed by atoms with E-state index in [0.29, 0.717) is 0 Å².